The molecule has 3 heterocycles. The molecule has 0 atom stereocenters. The first-order valence-corrected chi connectivity index (χ1v) is 11.4. The summed E-state index contributed by atoms with van der Waals surface area (Å²) in [6.45, 7) is 6.69. The van der Waals surface area contributed by atoms with Crippen LogP contribution in [-0.4, -0.2) is 4.40 Å². The molecule has 1 heteroatoms. The molecule has 8 rings (SSSR count). The molecule has 1 nitrogen and oxygen atoms in total. The van der Waals surface area contributed by atoms with E-state index in [0.717, 1.165) is 0 Å². The summed E-state index contributed by atoms with van der Waals surface area (Å²) in [5.41, 5.74) is 10.9. The zero-order valence-corrected chi connectivity index (χ0v) is 18.4. The maximum atomic E-state index is 2.55. The highest BCUT2D eigenvalue weighted by Gasteiger charge is 2.26. The van der Waals surface area contributed by atoms with Crippen LogP contribution in [0.25, 0.3) is 70.8 Å². The molecule has 0 saturated heterocycles. The third kappa shape index (κ3) is 1.75. The van der Waals surface area contributed by atoms with Crippen LogP contribution in [0.1, 0.15) is 16.7 Å². The largest absolute Gasteiger partial charge is 0.307 e. The lowest BCUT2D eigenvalue weighted by Crippen LogP contribution is -1.90. The Hall–Kier alpha value is -3.84. The predicted octanol–water partition coefficient (Wildman–Crippen LogP) is 8.61. The van der Waals surface area contributed by atoms with Crippen molar-refractivity contribution in [2.75, 3.05) is 0 Å². The Bertz CT molecular complexity index is 1980. The normalized spacial score (nSPS) is 12.8. The monoisotopic (exact) mass is 407 g/mol. The van der Waals surface area contributed by atoms with E-state index >= 15 is 0 Å². The van der Waals surface area contributed by atoms with Gasteiger partial charge in [-0.05, 0) is 72.0 Å². The number of rotatable bonds is 1. The molecule has 0 N–H and O–H groups in total. The van der Waals surface area contributed by atoms with E-state index in [1.54, 1.807) is 0 Å². The molecule has 0 aliphatic heterocycles. The molecule has 8 aromatic rings. The third-order valence-corrected chi connectivity index (χ3v) is 7.65. The van der Waals surface area contributed by atoms with Gasteiger partial charge in [0.2, 0.25) is 0 Å². The maximum Gasteiger partial charge on any atom is 0.0627 e. The average Bonchev–Trinajstić information content (AvgIpc) is 3.40. The van der Waals surface area contributed by atoms with Crippen molar-refractivity contribution >= 4 is 59.6 Å². The van der Waals surface area contributed by atoms with Crippen LogP contribution in [0.4, 0.5) is 0 Å². The Morgan fingerprint density at radius 3 is 1.94 bits per heavy atom. The minimum Gasteiger partial charge on any atom is -0.307 e. The number of nitrogens with zero attached hydrogens (tertiary/aromatic N) is 1. The molecule has 5 aromatic carbocycles. The van der Waals surface area contributed by atoms with E-state index < -0.39 is 0 Å². The lowest BCUT2D eigenvalue weighted by atomic mass is 9.91. The second-order valence-corrected chi connectivity index (χ2v) is 9.60. The summed E-state index contributed by atoms with van der Waals surface area (Å²) in [5, 5.41) is 11.0. The molecule has 0 amide bonds. The minimum absolute atomic E-state index is 1.32. The van der Waals surface area contributed by atoms with Crippen LogP contribution in [0.15, 0.2) is 72.8 Å². The first kappa shape index (κ1) is 16.8. The second-order valence-electron chi connectivity index (χ2n) is 9.60. The van der Waals surface area contributed by atoms with E-state index in [2.05, 4.69) is 98.0 Å². The van der Waals surface area contributed by atoms with Gasteiger partial charge in [0.15, 0.2) is 0 Å². The summed E-state index contributed by atoms with van der Waals surface area (Å²) in [6, 6.07) is 27.6. The topological polar surface area (TPSA) is 4.41 Å². The van der Waals surface area contributed by atoms with Gasteiger partial charge < -0.3 is 4.40 Å². The highest BCUT2D eigenvalue weighted by molar-refractivity contribution is 6.38. The molecule has 0 aliphatic rings. The fourth-order valence-electron chi connectivity index (χ4n) is 6.65. The van der Waals surface area contributed by atoms with Gasteiger partial charge >= 0.3 is 0 Å². The van der Waals surface area contributed by atoms with Crippen molar-refractivity contribution in [3.63, 3.8) is 0 Å². The predicted molar refractivity (Wildman–Crippen MR) is 138 cm³/mol. The van der Waals surface area contributed by atoms with E-state index in [1.807, 2.05) is 0 Å². The first-order chi connectivity index (χ1) is 15.6. The summed E-state index contributed by atoms with van der Waals surface area (Å²) in [4.78, 5) is 0. The van der Waals surface area contributed by atoms with Gasteiger partial charge in [-0.1, -0.05) is 60.2 Å². The van der Waals surface area contributed by atoms with Crippen LogP contribution in [0, 0.1) is 20.8 Å². The van der Waals surface area contributed by atoms with Crippen molar-refractivity contribution in [3.8, 4) is 11.1 Å². The van der Waals surface area contributed by atoms with E-state index in [4.69, 9.17) is 0 Å². The van der Waals surface area contributed by atoms with Gasteiger partial charge in [0.1, 0.15) is 0 Å². The van der Waals surface area contributed by atoms with Gasteiger partial charge in [0.05, 0.1) is 16.6 Å². The quantitative estimate of drug-likeness (QED) is 0.256. The molecular weight excluding hydrogens is 386 g/mol. The van der Waals surface area contributed by atoms with Crippen LogP contribution in [0.5, 0.6) is 0 Å². The van der Waals surface area contributed by atoms with Crippen molar-refractivity contribution in [2.24, 2.45) is 0 Å². The third-order valence-electron chi connectivity index (χ3n) is 7.65. The standard InChI is InChI=1S/C31H21N/c1-16-11-17(2)27(18(3)12-16)20-14-24-22-9-6-10-23-25-13-19-7-4-5-8-21(19)28-26(15-20)30(24)32(29(22)23)31(25)28/h4-15H,1-3H3. The van der Waals surface area contributed by atoms with Crippen LogP contribution in [-0.2, 0) is 0 Å². The summed E-state index contributed by atoms with van der Waals surface area (Å²) in [5.74, 6) is 0. The van der Waals surface area contributed by atoms with Gasteiger partial charge in [-0.3, -0.25) is 0 Å². The molecule has 0 bridgehead atoms. The lowest BCUT2D eigenvalue weighted by Gasteiger charge is -2.12. The summed E-state index contributed by atoms with van der Waals surface area (Å²) in [6.07, 6.45) is 0. The number of hydrogen-bond acceptors (Lipinski definition) is 0. The maximum absolute atomic E-state index is 2.55. The molecule has 32 heavy (non-hydrogen) atoms. The molecule has 0 spiro atoms. The molecule has 3 aromatic heterocycles. The Morgan fingerprint density at radius 2 is 1.16 bits per heavy atom. The van der Waals surface area contributed by atoms with Gasteiger partial charge in [-0.15, -0.1) is 0 Å². The first-order valence-electron chi connectivity index (χ1n) is 11.4. The zero-order chi connectivity index (χ0) is 21.3. The van der Waals surface area contributed by atoms with Crippen molar-refractivity contribution < 1.29 is 0 Å². The summed E-state index contributed by atoms with van der Waals surface area (Å²) in [7, 11) is 0. The Morgan fingerprint density at radius 1 is 0.531 bits per heavy atom. The fourth-order valence-corrected chi connectivity index (χ4v) is 6.65. The van der Waals surface area contributed by atoms with E-state index in [0.29, 0.717) is 0 Å². The smallest absolute Gasteiger partial charge is 0.0627 e. The van der Waals surface area contributed by atoms with Crippen molar-refractivity contribution in [3.05, 3.63) is 89.5 Å². The highest BCUT2D eigenvalue weighted by atomic mass is 14.9. The van der Waals surface area contributed by atoms with Crippen molar-refractivity contribution in [2.45, 2.75) is 20.8 Å². The van der Waals surface area contributed by atoms with Gasteiger partial charge in [-0.2, -0.15) is 0 Å². The van der Waals surface area contributed by atoms with Crippen molar-refractivity contribution in [1.29, 1.82) is 0 Å². The Labute approximate surface area is 185 Å². The molecule has 0 unspecified atom stereocenters. The molecular formula is C31H21N. The van der Waals surface area contributed by atoms with E-state index in [9.17, 15) is 0 Å². The molecule has 0 fully saturated rings. The summed E-state index contributed by atoms with van der Waals surface area (Å²) < 4.78 is 2.55. The van der Waals surface area contributed by atoms with Crippen LogP contribution in [0.2, 0.25) is 0 Å². The number of aryl methyl sites for hydroxylation is 3. The average molecular weight is 408 g/mol. The second kappa shape index (κ2) is 5.31. The number of para-hydroxylation sites is 1. The van der Waals surface area contributed by atoms with Gasteiger partial charge in [0.25, 0.3) is 0 Å². The van der Waals surface area contributed by atoms with Crippen molar-refractivity contribution in [1.82, 2.24) is 4.40 Å². The highest BCUT2D eigenvalue weighted by Crippen LogP contribution is 2.50. The molecule has 150 valence electrons. The minimum atomic E-state index is 1.32. The SMILES string of the molecule is Cc1cc(C)c(-c2cc3c4cccc5c6cc7ccccc7c7c(c2)c3n(c45)c67)c(C)c1. The fraction of sp³-hybridized carbons (Fsp3) is 0.0968. The number of fused-ring (bicyclic) bond motifs is 5. The number of hydrogen-bond donors (Lipinski definition) is 0. The molecule has 0 saturated carbocycles. The Balaban J connectivity index is 1.70. The Kier molecular flexibility index (Phi) is 2.79. The van der Waals surface area contributed by atoms with Gasteiger partial charge in [-0.25, -0.2) is 0 Å². The van der Waals surface area contributed by atoms with E-state index in [1.165, 1.54) is 87.5 Å². The lowest BCUT2D eigenvalue weighted by molar-refractivity contribution is 1.32. The number of benzene rings is 5. The van der Waals surface area contributed by atoms with Crippen LogP contribution < -0.4 is 0 Å². The summed E-state index contributed by atoms with van der Waals surface area (Å²) >= 11 is 0. The number of aromatic nitrogens is 1. The molecule has 0 radical (unpaired) electrons. The van der Waals surface area contributed by atoms with Crippen LogP contribution in [0.3, 0.4) is 0 Å². The van der Waals surface area contributed by atoms with E-state index in [-0.39, 0.29) is 0 Å². The zero-order valence-electron chi connectivity index (χ0n) is 18.4. The van der Waals surface area contributed by atoms with Gasteiger partial charge in [0, 0.05) is 32.3 Å². The van der Waals surface area contributed by atoms with Crippen LogP contribution >= 0.6 is 0 Å². The molecule has 0 aliphatic carbocycles.